The van der Waals surface area contributed by atoms with Gasteiger partial charge in [0.25, 0.3) is 0 Å². The molecule has 122 valence electrons. The summed E-state index contributed by atoms with van der Waals surface area (Å²) >= 11 is 0. The maximum Gasteiger partial charge on any atom is 0.243 e. The standard InChI is InChI=1S/C15H23N3O3S/c1-12(16-2)11-17-15(19)14-9-6-10-18(14)22(20,21)13-7-4-3-5-8-13/h3-5,7-8,12,14,16H,6,9-11H2,1-2H3,(H,17,19). The molecular weight excluding hydrogens is 302 g/mol. The number of amides is 1. The van der Waals surface area contributed by atoms with Crippen molar-refractivity contribution in [3.63, 3.8) is 0 Å². The quantitative estimate of drug-likeness (QED) is 0.801. The molecule has 6 nitrogen and oxygen atoms in total. The summed E-state index contributed by atoms with van der Waals surface area (Å²) in [6.07, 6.45) is 1.26. The lowest BCUT2D eigenvalue weighted by Gasteiger charge is -2.24. The van der Waals surface area contributed by atoms with Crippen molar-refractivity contribution in [2.45, 2.75) is 36.7 Å². The number of hydrogen-bond acceptors (Lipinski definition) is 4. The summed E-state index contributed by atoms with van der Waals surface area (Å²) < 4.78 is 26.7. The van der Waals surface area contributed by atoms with E-state index in [0.29, 0.717) is 25.9 Å². The molecule has 0 aromatic heterocycles. The third-order valence-corrected chi connectivity index (χ3v) is 5.85. The van der Waals surface area contributed by atoms with Crippen molar-refractivity contribution in [1.29, 1.82) is 0 Å². The van der Waals surface area contributed by atoms with Gasteiger partial charge in [0.05, 0.1) is 4.90 Å². The Kier molecular flexibility index (Phi) is 5.55. The van der Waals surface area contributed by atoms with E-state index in [1.165, 1.54) is 4.31 Å². The van der Waals surface area contributed by atoms with Crippen molar-refractivity contribution in [3.8, 4) is 0 Å². The predicted molar refractivity (Wildman–Crippen MR) is 84.9 cm³/mol. The van der Waals surface area contributed by atoms with Crippen molar-refractivity contribution >= 4 is 15.9 Å². The van der Waals surface area contributed by atoms with Gasteiger partial charge in [-0.3, -0.25) is 4.79 Å². The van der Waals surface area contributed by atoms with E-state index in [-0.39, 0.29) is 16.8 Å². The Morgan fingerprint density at radius 1 is 1.36 bits per heavy atom. The molecule has 2 unspecified atom stereocenters. The van der Waals surface area contributed by atoms with Gasteiger partial charge in [0.15, 0.2) is 0 Å². The van der Waals surface area contributed by atoms with Gasteiger partial charge in [-0.2, -0.15) is 4.31 Å². The van der Waals surface area contributed by atoms with Crippen LogP contribution in [0.15, 0.2) is 35.2 Å². The molecule has 1 saturated heterocycles. The smallest absolute Gasteiger partial charge is 0.243 e. The number of nitrogens with zero attached hydrogens (tertiary/aromatic N) is 1. The Bertz CT molecular complexity index is 604. The van der Waals surface area contributed by atoms with Crippen molar-refractivity contribution in [2.24, 2.45) is 0 Å². The van der Waals surface area contributed by atoms with Gasteiger partial charge in [-0.25, -0.2) is 8.42 Å². The second kappa shape index (κ2) is 7.21. The van der Waals surface area contributed by atoms with E-state index in [1.807, 2.05) is 14.0 Å². The molecule has 1 aromatic rings. The number of benzene rings is 1. The van der Waals surface area contributed by atoms with E-state index in [0.717, 1.165) is 0 Å². The molecule has 0 saturated carbocycles. The predicted octanol–water partition coefficient (Wildman–Crippen LogP) is 0.564. The normalized spacial score (nSPS) is 20.7. The number of sulfonamides is 1. The van der Waals surface area contributed by atoms with Gasteiger partial charge in [0.2, 0.25) is 15.9 Å². The maximum atomic E-state index is 12.7. The third-order valence-electron chi connectivity index (χ3n) is 3.93. The summed E-state index contributed by atoms with van der Waals surface area (Å²) in [4.78, 5) is 12.5. The molecule has 1 aromatic carbocycles. The van der Waals surface area contributed by atoms with Gasteiger partial charge in [-0.1, -0.05) is 18.2 Å². The topological polar surface area (TPSA) is 78.5 Å². The first kappa shape index (κ1) is 16.9. The molecule has 1 aliphatic heterocycles. The molecule has 1 amide bonds. The second-order valence-corrected chi connectivity index (χ2v) is 7.41. The zero-order valence-electron chi connectivity index (χ0n) is 13.0. The molecule has 2 atom stereocenters. The molecule has 1 aliphatic rings. The Morgan fingerprint density at radius 3 is 2.68 bits per heavy atom. The van der Waals surface area contributed by atoms with E-state index in [1.54, 1.807) is 30.3 Å². The summed E-state index contributed by atoms with van der Waals surface area (Å²) in [5, 5.41) is 5.85. The molecule has 0 aliphatic carbocycles. The fraction of sp³-hybridized carbons (Fsp3) is 0.533. The minimum atomic E-state index is -3.62. The number of likely N-dealkylation sites (N-methyl/N-ethyl adjacent to an activating group) is 1. The van der Waals surface area contributed by atoms with Crippen molar-refractivity contribution in [1.82, 2.24) is 14.9 Å². The lowest BCUT2D eigenvalue weighted by atomic mass is 10.2. The van der Waals surface area contributed by atoms with Crippen LogP contribution in [0.3, 0.4) is 0 Å². The lowest BCUT2D eigenvalue weighted by molar-refractivity contribution is -0.124. The van der Waals surface area contributed by atoms with Crippen LogP contribution in [0, 0.1) is 0 Å². The SMILES string of the molecule is CNC(C)CNC(=O)C1CCCN1S(=O)(=O)c1ccccc1. The molecule has 22 heavy (non-hydrogen) atoms. The summed E-state index contributed by atoms with van der Waals surface area (Å²) in [5.74, 6) is -0.223. The van der Waals surface area contributed by atoms with Crippen molar-refractivity contribution in [3.05, 3.63) is 30.3 Å². The van der Waals surface area contributed by atoms with E-state index >= 15 is 0 Å². The van der Waals surface area contributed by atoms with Gasteiger partial charge in [0.1, 0.15) is 6.04 Å². The van der Waals surface area contributed by atoms with Gasteiger partial charge in [0, 0.05) is 19.1 Å². The average molecular weight is 325 g/mol. The molecule has 0 bridgehead atoms. The van der Waals surface area contributed by atoms with Crippen LogP contribution in [0.1, 0.15) is 19.8 Å². The monoisotopic (exact) mass is 325 g/mol. The number of rotatable bonds is 6. The Balaban J connectivity index is 2.12. The van der Waals surface area contributed by atoms with Crippen LogP contribution >= 0.6 is 0 Å². The number of carbonyl (C=O) groups is 1. The van der Waals surface area contributed by atoms with Gasteiger partial charge in [-0.15, -0.1) is 0 Å². The van der Waals surface area contributed by atoms with Crippen LogP contribution in [0.25, 0.3) is 0 Å². The molecular formula is C15H23N3O3S. The fourth-order valence-corrected chi connectivity index (χ4v) is 4.17. The third kappa shape index (κ3) is 3.66. The van der Waals surface area contributed by atoms with E-state index in [4.69, 9.17) is 0 Å². The first-order valence-electron chi connectivity index (χ1n) is 7.48. The number of nitrogens with one attached hydrogen (secondary N) is 2. The van der Waals surface area contributed by atoms with E-state index in [2.05, 4.69) is 10.6 Å². The summed E-state index contributed by atoms with van der Waals surface area (Å²) in [5.41, 5.74) is 0. The number of hydrogen-bond donors (Lipinski definition) is 2. The molecule has 1 fully saturated rings. The van der Waals surface area contributed by atoms with Crippen LogP contribution in [-0.4, -0.2) is 50.9 Å². The first-order chi connectivity index (χ1) is 10.5. The molecule has 1 heterocycles. The average Bonchev–Trinajstić information content (AvgIpc) is 3.03. The molecule has 0 spiro atoms. The minimum Gasteiger partial charge on any atom is -0.353 e. The van der Waals surface area contributed by atoms with Crippen LogP contribution in [0.2, 0.25) is 0 Å². The minimum absolute atomic E-state index is 0.143. The fourth-order valence-electron chi connectivity index (χ4n) is 2.49. The Hall–Kier alpha value is -1.44. The summed E-state index contributed by atoms with van der Waals surface area (Å²) in [7, 11) is -1.80. The van der Waals surface area contributed by atoms with Gasteiger partial charge in [-0.05, 0) is 38.9 Å². The van der Waals surface area contributed by atoms with Crippen LogP contribution < -0.4 is 10.6 Å². The first-order valence-corrected chi connectivity index (χ1v) is 8.92. The zero-order chi connectivity index (χ0) is 16.2. The molecule has 7 heteroatoms. The van der Waals surface area contributed by atoms with Crippen LogP contribution in [0.5, 0.6) is 0 Å². The summed E-state index contributed by atoms with van der Waals surface area (Å²) in [6, 6.07) is 7.79. The Labute approximate surface area is 131 Å². The highest BCUT2D eigenvalue weighted by atomic mass is 32.2. The highest BCUT2D eigenvalue weighted by Gasteiger charge is 2.39. The molecule has 2 N–H and O–H groups in total. The highest BCUT2D eigenvalue weighted by Crippen LogP contribution is 2.26. The summed E-state index contributed by atoms with van der Waals surface area (Å²) in [6.45, 7) is 2.81. The Morgan fingerprint density at radius 2 is 2.05 bits per heavy atom. The largest absolute Gasteiger partial charge is 0.353 e. The molecule has 2 rings (SSSR count). The van der Waals surface area contributed by atoms with Crippen LogP contribution in [-0.2, 0) is 14.8 Å². The van der Waals surface area contributed by atoms with Gasteiger partial charge < -0.3 is 10.6 Å². The highest BCUT2D eigenvalue weighted by molar-refractivity contribution is 7.89. The maximum absolute atomic E-state index is 12.7. The van der Waals surface area contributed by atoms with Gasteiger partial charge >= 0.3 is 0 Å². The van der Waals surface area contributed by atoms with Crippen molar-refractivity contribution in [2.75, 3.05) is 20.1 Å². The molecule has 0 radical (unpaired) electrons. The van der Waals surface area contributed by atoms with Crippen molar-refractivity contribution < 1.29 is 13.2 Å². The van der Waals surface area contributed by atoms with E-state index < -0.39 is 16.1 Å². The van der Waals surface area contributed by atoms with Crippen LogP contribution in [0.4, 0.5) is 0 Å². The second-order valence-electron chi connectivity index (χ2n) is 5.52. The zero-order valence-corrected chi connectivity index (χ0v) is 13.8. The number of carbonyl (C=O) groups excluding carboxylic acids is 1. The lowest BCUT2D eigenvalue weighted by Crippen LogP contribution is -2.48. The van der Waals surface area contributed by atoms with E-state index in [9.17, 15) is 13.2 Å².